The van der Waals surface area contributed by atoms with Gasteiger partial charge in [0.05, 0.1) is 18.8 Å². The summed E-state index contributed by atoms with van der Waals surface area (Å²) in [5, 5.41) is 10.9. The monoisotopic (exact) mass is 286 g/mol. The molecule has 1 saturated carbocycles. The number of carbonyl (C=O) groups excluding carboxylic acids is 2. The van der Waals surface area contributed by atoms with Gasteiger partial charge in [0.1, 0.15) is 0 Å². The van der Waals surface area contributed by atoms with Crippen molar-refractivity contribution in [2.75, 3.05) is 13.2 Å². The van der Waals surface area contributed by atoms with Gasteiger partial charge in [-0.15, -0.1) is 0 Å². The fourth-order valence-corrected chi connectivity index (χ4v) is 3.03. The molecule has 116 valence electrons. The maximum atomic E-state index is 12.1. The fraction of sp³-hybridized carbons (Fsp3) is 0.867. The highest BCUT2D eigenvalue weighted by Crippen LogP contribution is 2.42. The summed E-state index contributed by atoms with van der Waals surface area (Å²) in [6.45, 7) is 7.69. The molecule has 0 aromatic rings. The second-order valence-corrected chi connectivity index (χ2v) is 5.71. The molecule has 20 heavy (non-hydrogen) atoms. The van der Waals surface area contributed by atoms with Gasteiger partial charge in [-0.2, -0.15) is 0 Å². The van der Waals surface area contributed by atoms with E-state index in [2.05, 4.69) is 6.92 Å². The van der Waals surface area contributed by atoms with Crippen molar-refractivity contribution >= 4 is 11.9 Å². The van der Waals surface area contributed by atoms with E-state index in [-0.39, 0.29) is 19.1 Å². The van der Waals surface area contributed by atoms with E-state index in [1.165, 1.54) is 0 Å². The molecule has 1 aliphatic rings. The minimum Gasteiger partial charge on any atom is -0.465 e. The predicted octanol–water partition coefficient (Wildman–Crippen LogP) is 1.92. The predicted molar refractivity (Wildman–Crippen MR) is 73.9 cm³/mol. The molecule has 0 aromatic heterocycles. The van der Waals surface area contributed by atoms with Crippen LogP contribution in [0.25, 0.3) is 0 Å². The first-order valence-electron chi connectivity index (χ1n) is 7.42. The zero-order valence-electron chi connectivity index (χ0n) is 12.8. The van der Waals surface area contributed by atoms with Crippen LogP contribution in [0.2, 0.25) is 0 Å². The van der Waals surface area contributed by atoms with E-state index in [1.807, 2.05) is 6.92 Å². The van der Waals surface area contributed by atoms with Crippen LogP contribution < -0.4 is 0 Å². The van der Waals surface area contributed by atoms with Gasteiger partial charge in [-0.05, 0) is 44.9 Å². The maximum Gasteiger partial charge on any atom is 0.323 e. The highest BCUT2D eigenvalue weighted by atomic mass is 16.6. The molecule has 1 N–H and O–H groups in total. The lowest BCUT2D eigenvalue weighted by atomic mass is 9.66. The van der Waals surface area contributed by atoms with Crippen molar-refractivity contribution in [2.45, 2.75) is 52.6 Å². The van der Waals surface area contributed by atoms with E-state index in [1.54, 1.807) is 13.8 Å². The van der Waals surface area contributed by atoms with Gasteiger partial charge in [0.25, 0.3) is 0 Å². The van der Waals surface area contributed by atoms with Gasteiger partial charge in [0.15, 0.2) is 5.92 Å². The van der Waals surface area contributed by atoms with Crippen molar-refractivity contribution in [3.05, 3.63) is 0 Å². The number of aliphatic hydroxyl groups is 1. The first-order chi connectivity index (χ1) is 9.36. The molecule has 0 radical (unpaired) electrons. The maximum absolute atomic E-state index is 12.1. The molecule has 3 unspecified atom stereocenters. The Morgan fingerprint density at radius 3 is 2.10 bits per heavy atom. The van der Waals surface area contributed by atoms with Gasteiger partial charge >= 0.3 is 11.9 Å². The van der Waals surface area contributed by atoms with Crippen LogP contribution in [-0.4, -0.2) is 35.9 Å². The van der Waals surface area contributed by atoms with Crippen molar-refractivity contribution in [3.63, 3.8) is 0 Å². The smallest absolute Gasteiger partial charge is 0.323 e. The molecule has 3 atom stereocenters. The minimum atomic E-state index is -1.37. The van der Waals surface area contributed by atoms with Crippen LogP contribution in [0.4, 0.5) is 0 Å². The van der Waals surface area contributed by atoms with Gasteiger partial charge in [0.2, 0.25) is 0 Å². The lowest BCUT2D eigenvalue weighted by molar-refractivity contribution is -0.184. The number of hydrogen-bond donors (Lipinski definition) is 1. The Hall–Kier alpha value is -1.10. The average molecular weight is 286 g/mol. The van der Waals surface area contributed by atoms with Crippen LogP contribution in [0.15, 0.2) is 0 Å². The Morgan fingerprint density at radius 2 is 1.70 bits per heavy atom. The topological polar surface area (TPSA) is 72.8 Å². The molecule has 0 heterocycles. The van der Waals surface area contributed by atoms with Gasteiger partial charge in [0, 0.05) is 0 Å². The van der Waals surface area contributed by atoms with Gasteiger partial charge < -0.3 is 14.6 Å². The molecule has 0 aliphatic heterocycles. The molecule has 0 saturated heterocycles. The summed E-state index contributed by atoms with van der Waals surface area (Å²) < 4.78 is 9.93. The molecule has 5 heteroatoms. The Labute approximate surface area is 120 Å². The molecule has 1 rings (SSSR count). The SMILES string of the molecule is CCOC(=O)C(C(=O)OCC)C1(O)CCC(C)CC1C. The highest BCUT2D eigenvalue weighted by Gasteiger charge is 2.53. The largest absolute Gasteiger partial charge is 0.465 e. The normalized spacial score (nSPS) is 30.1. The van der Waals surface area contributed by atoms with Crippen molar-refractivity contribution < 1.29 is 24.2 Å². The number of hydrogen-bond acceptors (Lipinski definition) is 5. The number of carbonyl (C=O) groups is 2. The summed E-state index contributed by atoms with van der Waals surface area (Å²) in [5.74, 6) is -2.28. The highest BCUT2D eigenvalue weighted by molar-refractivity contribution is 5.96. The van der Waals surface area contributed by atoms with Crippen LogP contribution in [0.1, 0.15) is 47.0 Å². The number of ether oxygens (including phenoxy) is 2. The molecule has 5 nitrogen and oxygen atoms in total. The van der Waals surface area contributed by atoms with Crippen LogP contribution in [0.5, 0.6) is 0 Å². The average Bonchev–Trinajstić information content (AvgIpc) is 2.35. The Bertz CT molecular complexity index is 336. The van der Waals surface area contributed by atoms with Crippen molar-refractivity contribution in [3.8, 4) is 0 Å². The lowest BCUT2D eigenvalue weighted by Gasteiger charge is -2.43. The standard InChI is InChI=1S/C15H26O5/c1-5-19-13(16)12(14(17)20-6-2)15(18)8-7-10(3)9-11(15)4/h10-12,18H,5-9H2,1-4H3. The van der Waals surface area contributed by atoms with E-state index in [0.29, 0.717) is 12.3 Å². The first kappa shape index (κ1) is 17.0. The Morgan fingerprint density at radius 1 is 1.20 bits per heavy atom. The number of rotatable bonds is 5. The summed E-state index contributed by atoms with van der Waals surface area (Å²) >= 11 is 0. The van der Waals surface area contributed by atoms with Crippen LogP contribution in [-0.2, 0) is 19.1 Å². The second kappa shape index (κ2) is 7.07. The zero-order valence-corrected chi connectivity index (χ0v) is 12.8. The fourth-order valence-electron chi connectivity index (χ4n) is 3.03. The van der Waals surface area contributed by atoms with Crippen LogP contribution in [0.3, 0.4) is 0 Å². The molecular weight excluding hydrogens is 260 g/mol. The Kier molecular flexibility index (Phi) is 5.99. The second-order valence-electron chi connectivity index (χ2n) is 5.71. The minimum absolute atomic E-state index is 0.148. The zero-order chi connectivity index (χ0) is 15.3. The van der Waals surface area contributed by atoms with Crippen LogP contribution in [0, 0.1) is 17.8 Å². The molecular formula is C15H26O5. The van der Waals surface area contributed by atoms with E-state index >= 15 is 0 Å². The third-order valence-electron chi connectivity index (χ3n) is 4.19. The van der Waals surface area contributed by atoms with Crippen molar-refractivity contribution in [1.29, 1.82) is 0 Å². The molecule has 1 aliphatic carbocycles. The lowest BCUT2D eigenvalue weighted by Crippen LogP contribution is -2.54. The molecule has 0 bridgehead atoms. The third-order valence-corrected chi connectivity index (χ3v) is 4.19. The summed E-state index contributed by atoms with van der Waals surface area (Å²) in [4.78, 5) is 24.2. The molecule has 0 aromatic carbocycles. The Balaban J connectivity index is 3.01. The number of esters is 2. The van der Waals surface area contributed by atoms with Gasteiger partial charge in [-0.25, -0.2) is 0 Å². The first-order valence-corrected chi connectivity index (χ1v) is 7.42. The summed E-state index contributed by atoms with van der Waals surface area (Å²) in [6, 6.07) is 0. The molecule has 1 fully saturated rings. The molecule has 0 spiro atoms. The summed E-state index contributed by atoms with van der Waals surface area (Å²) in [7, 11) is 0. The van der Waals surface area contributed by atoms with Gasteiger partial charge in [-0.1, -0.05) is 13.8 Å². The van der Waals surface area contributed by atoms with E-state index < -0.39 is 23.5 Å². The third kappa shape index (κ3) is 3.51. The molecule has 0 amide bonds. The quantitative estimate of drug-likeness (QED) is 0.617. The van der Waals surface area contributed by atoms with Gasteiger partial charge in [-0.3, -0.25) is 9.59 Å². The summed E-state index contributed by atoms with van der Waals surface area (Å²) in [5.41, 5.74) is -1.37. The van der Waals surface area contributed by atoms with E-state index in [0.717, 1.165) is 12.8 Å². The van der Waals surface area contributed by atoms with E-state index in [4.69, 9.17) is 9.47 Å². The summed E-state index contributed by atoms with van der Waals surface area (Å²) in [6.07, 6.45) is 1.99. The van der Waals surface area contributed by atoms with Crippen molar-refractivity contribution in [1.82, 2.24) is 0 Å². The van der Waals surface area contributed by atoms with Crippen molar-refractivity contribution in [2.24, 2.45) is 17.8 Å². The van der Waals surface area contributed by atoms with Crippen LogP contribution >= 0.6 is 0 Å². The van der Waals surface area contributed by atoms with E-state index in [9.17, 15) is 14.7 Å².